The molecule has 0 spiro atoms. The van der Waals surface area contributed by atoms with E-state index < -0.39 is 0 Å². The molecule has 6 heavy (non-hydrogen) atoms. The van der Waals surface area contributed by atoms with Crippen LogP contribution in [0.3, 0.4) is 0 Å². The largest absolute Gasteiger partial charge is 0.434 e. The quantitative estimate of drug-likeness (QED) is 0.366. The first-order chi connectivity index (χ1) is 2.91. The van der Waals surface area contributed by atoms with E-state index in [-0.39, 0.29) is 12.8 Å². The van der Waals surface area contributed by atoms with Crippen LogP contribution in [0.4, 0.5) is 4.39 Å². The molecule has 0 amide bonds. The van der Waals surface area contributed by atoms with Gasteiger partial charge in [0.2, 0.25) is 0 Å². The van der Waals surface area contributed by atoms with Crippen molar-refractivity contribution in [3.63, 3.8) is 0 Å². The monoisotopic (exact) mass is 90.0 g/mol. The lowest BCUT2D eigenvalue weighted by molar-refractivity contribution is -0.123. The lowest BCUT2D eigenvalue weighted by Crippen LogP contribution is -1.68. The Balaban J connectivity index is 2.85. The first-order valence-electron chi connectivity index (χ1n) is 1.26. The van der Waals surface area contributed by atoms with E-state index in [1.54, 1.807) is 0 Å². The van der Waals surface area contributed by atoms with Crippen molar-refractivity contribution >= 4 is 6.47 Å². The van der Waals surface area contributed by atoms with Crippen molar-refractivity contribution in [1.29, 1.82) is 0 Å². The topological polar surface area (TPSA) is 26.3 Å². The summed E-state index contributed by atoms with van der Waals surface area (Å²) < 4.78 is 14.5. The highest BCUT2D eigenvalue weighted by atomic mass is 19.1. The first kappa shape index (κ1) is 5.14. The molecule has 34 valence electrons. The summed E-state index contributed by atoms with van der Waals surface area (Å²) in [4.78, 5) is 9.12. The Morgan fingerprint density at radius 2 is 2.33 bits per heavy atom. The van der Waals surface area contributed by atoms with Gasteiger partial charge in [-0.2, -0.15) is 0 Å². The molecule has 0 aliphatic rings. The van der Waals surface area contributed by atoms with Crippen molar-refractivity contribution < 1.29 is 13.9 Å². The number of rotatable bonds is 2. The Labute approximate surface area is 34.2 Å². The van der Waals surface area contributed by atoms with Crippen molar-refractivity contribution in [2.75, 3.05) is 0 Å². The van der Waals surface area contributed by atoms with Crippen molar-refractivity contribution in [3.8, 4) is 0 Å². The van der Waals surface area contributed by atoms with E-state index in [4.69, 9.17) is 4.79 Å². The lowest BCUT2D eigenvalue weighted by Gasteiger charge is -1.73. The van der Waals surface area contributed by atoms with Crippen LogP contribution in [0.1, 0.15) is 0 Å². The smallest absolute Gasteiger partial charge is 0.297 e. The fraction of sp³-hybridized carbons (Fsp3) is 0. The predicted molar refractivity (Wildman–Crippen MR) is 17.4 cm³/mol. The maximum atomic E-state index is 10.7. The summed E-state index contributed by atoms with van der Waals surface area (Å²) in [7, 11) is 0. The van der Waals surface area contributed by atoms with Gasteiger partial charge in [-0.3, -0.25) is 4.79 Å². The Hall–Kier alpha value is -0.860. The molecule has 0 bridgehead atoms. The van der Waals surface area contributed by atoms with E-state index in [0.29, 0.717) is 6.26 Å². The molecular weight excluding hydrogens is 87.0 g/mol. The van der Waals surface area contributed by atoms with Crippen LogP contribution in [0.15, 0.2) is 12.6 Å². The number of hydrogen-bond acceptors (Lipinski definition) is 2. The van der Waals surface area contributed by atoms with E-state index >= 15 is 0 Å². The SMILES string of the molecule is O=CO/C=C/F. The van der Waals surface area contributed by atoms with Gasteiger partial charge in [0.15, 0.2) is 0 Å². The van der Waals surface area contributed by atoms with Crippen molar-refractivity contribution in [3.05, 3.63) is 12.6 Å². The molecule has 0 rings (SSSR count). The number of halogens is 1. The molecule has 0 aliphatic carbocycles. The second kappa shape index (κ2) is 4.14. The van der Waals surface area contributed by atoms with Crippen LogP contribution in [0.2, 0.25) is 0 Å². The average molecular weight is 90.1 g/mol. The number of carbonyl (C=O) groups excluding carboxylic acids is 1. The van der Waals surface area contributed by atoms with Crippen LogP contribution in [-0.2, 0) is 9.53 Å². The van der Waals surface area contributed by atoms with Crippen LogP contribution in [0.5, 0.6) is 0 Å². The molecule has 0 saturated heterocycles. The molecule has 0 aliphatic heterocycles. The van der Waals surface area contributed by atoms with Crippen LogP contribution in [0, 0.1) is 0 Å². The number of ether oxygens (including phenoxy) is 1. The minimum Gasteiger partial charge on any atom is -0.434 e. The molecule has 0 aromatic heterocycles. The molecule has 0 radical (unpaired) electrons. The minimum absolute atomic E-state index is 0.133. The van der Waals surface area contributed by atoms with Gasteiger partial charge in [0.1, 0.15) is 12.6 Å². The zero-order chi connectivity index (χ0) is 4.83. The van der Waals surface area contributed by atoms with Gasteiger partial charge in [0.25, 0.3) is 6.47 Å². The molecule has 0 aromatic carbocycles. The Morgan fingerprint density at radius 3 is 2.50 bits per heavy atom. The zero-order valence-electron chi connectivity index (χ0n) is 2.93. The third-order valence-electron chi connectivity index (χ3n) is 0.186. The summed E-state index contributed by atoms with van der Waals surface area (Å²) >= 11 is 0. The van der Waals surface area contributed by atoms with Gasteiger partial charge in [0.05, 0.1) is 0 Å². The maximum absolute atomic E-state index is 10.7. The average Bonchev–Trinajstić information content (AvgIpc) is 1.61. The normalized spacial score (nSPS) is 8.83. The van der Waals surface area contributed by atoms with E-state index in [1.165, 1.54) is 0 Å². The van der Waals surface area contributed by atoms with Crippen molar-refractivity contribution in [2.45, 2.75) is 0 Å². The molecule has 0 N–H and O–H groups in total. The molecule has 0 atom stereocenters. The minimum atomic E-state index is 0.133. The predicted octanol–water partition coefficient (Wildman–Crippen LogP) is 0.600. The summed E-state index contributed by atoms with van der Waals surface area (Å²) in [5.74, 6) is 0. The summed E-state index contributed by atoms with van der Waals surface area (Å²) in [5, 5.41) is 0. The van der Waals surface area contributed by atoms with Gasteiger partial charge >= 0.3 is 0 Å². The Bertz CT molecular complexity index is 59.8. The summed E-state index contributed by atoms with van der Waals surface area (Å²) in [6.07, 6.45) is 0.779. The molecule has 2 nitrogen and oxygen atoms in total. The van der Waals surface area contributed by atoms with E-state index in [9.17, 15) is 4.39 Å². The van der Waals surface area contributed by atoms with Crippen LogP contribution in [0.25, 0.3) is 0 Å². The standard InChI is InChI=1S/C3H3FO2/c4-1-2-6-3-5/h1-3H/b2-1+. The molecule has 0 heterocycles. The van der Waals surface area contributed by atoms with Gasteiger partial charge < -0.3 is 4.74 Å². The van der Waals surface area contributed by atoms with Gasteiger partial charge in [-0.05, 0) is 0 Å². The first-order valence-corrected chi connectivity index (χ1v) is 1.26. The molecule has 3 heteroatoms. The highest BCUT2D eigenvalue weighted by Crippen LogP contribution is 1.69. The highest BCUT2D eigenvalue weighted by Gasteiger charge is 1.60. The zero-order valence-corrected chi connectivity index (χ0v) is 2.93. The van der Waals surface area contributed by atoms with Gasteiger partial charge in [-0.1, -0.05) is 0 Å². The molecule has 0 saturated carbocycles. The summed E-state index contributed by atoms with van der Waals surface area (Å²) in [6, 6.07) is 0. The van der Waals surface area contributed by atoms with Gasteiger partial charge in [-0.25, -0.2) is 4.39 Å². The molecule has 0 unspecified atom stereocenters. The van der Waals surface area contributed by atoms with Crippen molar-refractivity contribution in [2.24, 2.45) is 0 Å². The molecule has 0 fully saturated rings. The van der Waals surface area contributed by atoms with Crippen LogP contribution >= 0.6 is 0 Å². The van der Waals surface area contributed by atoms with E-state index in [1.807, 2.05) is 0 Å². The van der Waals surface area contributed by atoms with E-state index in [2.05, 4.69) is 4.74 Å². The third-order valence-corrected chi connectivity index (χ3v) is 0.186. The highest BCUT2D eigenvalue weighted by molar-refractivity contribution is 5.37. The fourth-order valence-corrected chi connectivity index (χ4v) is 0.0618. The van der Waals surface area contributed by atoms with Crippen molar-refractivity contribution in [1.82, 2.24) is 0 Å². The number of carbonyl (C=O) groups is 1. The van der Waals surface area contributed by atoms with Crippen LogP contribution in [-0.4, -0.2) is 6.47 Å². The van der Waals surface area contributed by atoms with E-state index in [0.717, 1.165) is 0 Å². The third kappa shape index (κ3) is 3.14. The maximum Gasteiger partial charge on any atom is 0.297 e. The van der Waals surface area contributed by atoms with Gasteiger partial charge in [0, 0.05) is 0 Å². The molecular formula is C3H3FO2. The number of hydrogen-bond donors (Lipinski definition) is 0. The van der Waals surface area contributed by atoms with Gasteiger partial charge in [-0.15, -0.1) is 0 Å². The molecule has 0 aromatic rings. The lowest BCUT2D eigenvalue weighted by atomic mass is 11.1. The second-order valence-electron chi connectivity index (χ2n) is 0.494. The van der Waals surface area contributed by atoms with Crippen LogP contribution < -0.4 is 0 Å². The Kier molecular flexibility index (Phi) is 3.55. The summed E-state index contributed by atoms with van der Waals surface area (Å²) in [6.45, 7) is 0.135. The second-order valence-corrected chi connectivity index (χ2v) is 0.494. The Morgan fingerprint density at radius 1 is 1.67 bits per heavy atom. The fourth-order valence-electron chi connectivity index (χ4n) is 0.0618. The summed E-state index contributed by atoms with van der Waals surface area (Å²) in [5.41, 5.74) is 0.